The van der Waals surface area contributed by atoms with Crippen molar-refractivity contribution in [3.63, 3.8) is 0 Å². The Kier molecular flexibility index (Phi) is 2.77. The molecule has 3 aromatic rings. The zero-order valence-electron chi connectivity index (χ0n) is 9.29. The summed E-state index contributed by atoms with van der Waals surface area (Å²) in [6, 6.07) is 7.38. The molecular weight excluding hydrogens is 252 g/mol. The van der Waals surface area contributed by atoms with Crippen LogP contribution in [0.3, 0.4) is 0 Å². The topological polar surface area (TPSA) is 72.3 Å². The molecule has 0 amide bonds. The average molecular weight is 261 g/mol. The van der Waals surface area contributed by atoms with Gasteiger partial charge in [0.15, 0.2) is 5.82 Å². The van der Waals surface area contributed by atoms with Gasteiger partial charge in [0.2, 0.25) is 0 Å². The number of aromatic amines is 1. The second-order valence-electron chi connectivity index (χ2n) is 3.71. The molecule has 0 unspecified atom stereocenters. The number of halogens is 1. The fourth-order valence-corrected chi connectivity index (χ4v) is 1.69. The highest BCUT2D eigenvalue weighted by Gasteiger charge is 2.06. The van der Waals surface area contributed by atoms with Gasteiger partial charge in [-0.3, -0.25) is 5.10 Å². The molecule has 6 nitrogen and oxygen atoms in total. The molecule has 0 saturated carbocycles. The molecule has 0 atom stereocenters. The molecule has 2 aromatic heterocycles. The number of hydrogen-bond acceptors (Lipinski definition) is 4. The lowest BCUT2D eigenvalue weighted by Crippen LogP contribution is -2.01. The van der Waals surface area contributed by atoms with Gasteiger partial charge in [-0.1, -0.05) is 11.6 Å². The van der Waals surface area contributed by atoms with Gasteiger partial charge in [0.05, 0.1) is 0 Å². The first kappa shape index (κ1) is 10.9. The minimum Gasteiger partial charge on any atom is -0.261 e. The zero-order valence-corrected chi connectivity index (χ0v) is 10.0. The van der Waals surface area contributed by atoms with Crippen molar-refractivity contribution in [1.82, 2.24) is 29.9 Å². The monoisotopic (exact) mass is 260 g/mol. The zero-order chi connectivity index (χ0) is 12.4. The van der Waals surface area contributed by atoms with E-state index in [1.165, 1.54) is 6.33 Å². The van der Waals surface area contributed by atoms with E-state index in [-0.39, 0.29) is 0 Å². The highest BCUT2D eigenvalue weighted by molar-refractivity contribution is 6.30. The molecule has 18 heavy (non-hydrogen) atoms. The minimum atomic E-state index is 0.514. The van der Waals surface area contributed by atoms with Crippen LogP contribution in [0.5, 0.6) is 0 Å². The number of benzene rings is 1. The lowest BCUT2D eigenvalue weighted by Gasteiger charge is -1.95. The molecule has 1 N–H and O–H groups in total. The summed E-state index contributed by atoms with van der Waals surface area (Å²) in [5.74, 6) is 1.37. The van der Waals surface area contributed by atoms with Crippen molar-refractivity contribution in [3.8, 4) is 11.4 Å². The molecule has 0 fully saturated rings. The standard InChI is InChI=1S/C11H9ClN6/c12-9-3-1-8(2-4-9)11-15-10(16-17-11)5-18-7-13-6-14-18/h1-4,6-7H,5H2,(H,15,16,17). The van der Waals surface area contributed by atoms with Crippen LogP contribution in [0, 0.1) is 0 Å². The molecule has 0 bridgehead atoms. The third-order valence-corrected chi connectivity index (χ3v) is 2.66. The maximum Gasteiger partial charge on any atom is 0.181 e. The summed E-state index contributed by atoms with van der Waals surface area (Å²) in [7, 11) is 0. The molecule has 0 radical (unpaired) electrons. The SMILES string of the molecule is Clc1ccc(-c2n[nH]c(Cn3cncn3)n2)cc1. The van der Waals surface area contributed by atoms with Crippen LogP contribution >= 0.6 is 11.6 Å². The summed E-state index contributed by atoms with van der Waals surface area (Å²) in [5, 5.41) is 11.7. The normalized spacial score (nSPS) is 10.7. The predicted octanol–water partition coefficient (Wildman–Crippen LogP) is 1.76. The maximum atomic E-state index is 5.83. The lowest BCUT2D eigenvalue weighted by molar-refractivity contribution is 0.656. The van der Waals surface area contributed by atoms with Gasteiger partial charge in [-0.25, -0.2) is 14.6 Å². The molecule has 0 aliphatic rings. The summed E-state index contributed by atoms with van der Waals surface area (Å²) in [6.45, 7) is 0.514. The van der Waals surface area contributed by atoms with Crippen molar-refractivity contribution in [2.45, 2.75) is 6.54 Å². The summed E-state index contributed by atoms with van der Waals surface area (Å²) in [5.41, 5.74) is 0.917. The number of nitrogens with one attached hydrogen (secondary N) is 1. The quantitative estimate of drug-likeness (QED) is 0.779. The van der Waals surface area contributed by atoms with E-state index in [9.17, 15) is 0 Å². The fraction of sp³-hybridized carbons (Fsp3) is 0.0909. The number of hydrogen-bond donors (Lipinski definition) is 1. The summed E-state index contributed by atoms with van der Waals surface area (Å²) < 4.78 is 1.67. The fourth-order valence-electron chi connectivity index (χ4n) is 1.56. The Morgan fingerprint density at radius 1 is 1.22 bits per heavy atom. The summed E-state index contributed by atoms with van der Waals surface area (Å²) >= 11 is 5.83. The Balaban J connectivity index is 1.83. The Hall–Kier alpha value is -2.21. The Bertz CT molecular complexity index is 628. The van der Waals surface area contributed by atoms with Gasteiger partial charge in [-0.2, -0.15) is 10.2 Å². The first-order valence-electron chi connectivity index (χ1n) is 5.31. The van der Waals surface area contributed by atoms with Crippen molar-refractivity contribution in [2.75, 3.05) is 0 Å². The third kappa shape index (κ3) is 2.23. The van der Waals surface area contributed by atoms with Crippen LogP contribution in [-0.4, -0.2) is 29.9 Å². The van der Waals surface area contributed by atoms with Gasteiger partial charge < -0.3 is 0 Å². The van der Waals surface area contributed by atoms with E-state index in [1.807, 2.05) is 24.3 Å². The van der Waals surface area contributed by atoms with E-state index in [2.05, 4.69) is 25.3 Å². The van der Waals surface area contributed by atoms with Gasteiger partial charge in [-0.05, 0) is 24.3 Å². The second-order valence-corrected chi connectivity index (χ2v) is 4.14. The van der Waals surface area contributed by atoms with E-state index in [1.54, 1.807) is 11.0 Å². The van der Waals surface area contributed by atoms with Gasteiger partial charge in [0, 0.05) is 10.6 Å². The first-order chi connectivity index (χ1) is 8.81. The molecule has 0 aliphatic carbocycles. The van der Waals surface area contributed by atoms with Crippen molar-refractivity contribution < 1.29 is 0 Å². The van der Waals surface area contributed by atoms with Gasteiger partial charge in [-0.15, -0.1) is 0 Å². The largest absolute Gasteiger partial charge is 0.261 e. The van der Waals surface area contributed by atoms with Crippen LogP contribution in [0.25, 0.3) is 11.4 Å². The number of H-pyrrole nitrogens is 1. The van der Waals surface area contributed by atoms with E-state index >= 15 is 0 Å². The van der Waals surface area contributed by atoms with Crippen LogP contribution in [0.4, 0.5) is 0 Å². The number of nitrogens with zero attached hydrogens (tertiary/aromatic N) is 5. The highest BCUT2D eigenvalue weighted by Crippen LogP contribution is 2.17. The molecule has 2 heterocycles. The van der Waals surface area contributed by atoms with Crippen LogP contribution in [0.1, 0.15) is 5.82 Å². The van der Waals surface area contributed by atoms with Gasteiger partial charge >= 0.3 is 0 Å². The van der Waals surface area contributed by atoms with Crippen LogP contribution in [0.2, 0.25) is 5.02 Å². The molecule has 7 heteroatoms. The van der Waals surface area contributed by atoms with E-state index in [4.69, 9.17) is 11.6 Å². The van der Waals surface area contributed by atoms with E-state index in [0.29, 0.717) is 17.4 Å². The molecule has 1 aromatic carbocycles. The molecule has 0 saturated heterocycles. The van der Waals surface area contributed by atoms with Gasteiger partial charge in [0.1, 0.15) is 25.0 Å². The third-order valence-electron chi connectivity index (χ3n) is 2.41. The summed E-state index contributed by atoms with van der Waals surface area (Å²) in [4.78, 5) is 8.25. The van der Waals surface area contributed by atoms with Crippen LogP contribution < -0.4 is 0 Å². The van der Waals surface area contributed by atoms with E-state index < -0.39 is 0 Å². The van der Waals surface area contributed by atoms with E-state index in [0.717, 1.165) is 11.4 Å². The lowest BCUT2D eigenvalue weighted by atomic mass is 10.2. The van der Waals surface area contributed by atoms with Crippen LogP contribution in [0.15, 0.2) is 36.9 Å². The Morgan fingerprint density at radius 2 is 2.06 bits per heavy atom. The Morgan fingerprint density at radius 3 is 2.78 bits per heavy atom. The smallest absolute Gasteiger partial charge is 0.181 e. The van der Waals surface area contributed by atoms with Crippen molar-refractivity contribution in [2.24, 2.45) is 0 Å². The molecule has 0 spiro atoms. The van der Waals surface area contributed by atoms with Crippen LogP contribution in [-0.2, 0) is 6.54 Å². The average Bonchev–Trinajstić information content (AvgIpc) is 3.02. The van der Waals surface area contributed by atoms with Crippen molar-refractivity contribution >= 4 is 11.6 Å². The highest BCUT2D eigenvalue weighted by atomic mass is 35.5. The molecule has 0 aliphatic heterocycles. The van der Waals surface area contributed by atoms with Crippen molar-refractivity contribution in [3.05, 3.63) is 47.8 Å². The second kappa shape index (κ2) is 4.58. The molecule has 3 rings (SSSR count). The predicted molar refractivity (Wildman–Crippen MR) is 66.0 cm³/mol. The number of aromatic nitrogens is 6. The van der Waals surface area contributed by atoms with Crippen molar-refractivity contribution in [1.29, 1.82) is 0 Å². The molecule has 90 valence electrons. The molecular formula is C11H9ClN6. The minimum absolute atomic E-state index is 0.514. The maximum absolute atomic E-state index is 5.83. The first-order valence-corrected chi connectivity index (χ1v) is 5.69. The Labute approximate surface area is 108 Å². The van der Waals surface area contributed by atoms with Gasteiger partial charge in [0.25, 0.3) is 0 Å². The number of rotatable bonds is 3. The summed E-state index contributed by atoms with van der Waals surface area (Å²) in [6.07, 6.45) is 3.11.